The highest BCUT2D eigenvalue weighted by atomic mass is 32.2. The summed E-state index contributed by atoms with van der Waals surface area (Å²) in [5.74, 6) is -0.132. The Morgan fingerprint density at radius 3 is 2.79 bits per heavy atom. The van der Waals surface area contributed by atoms with Crippen LogP contribution in [0, 0.1) is 5.82 Å². The van der Waals surface area contributed by atoms with Gasteiger partial charge in [-0.3, -0.25) is 9.59 Å². The minimum Gasteiger partial charge on any atom is -0.469 e. The van der Waals surface area contributed by atoms with E-state index in [0.29, 0.717) is 29.5 Å². The van der Waals surface area contributed by atoms with Crippen LogP contribution in [-0.2, 0) is 14.3 Å². The topological polar surface area (TPSA) is 81.4 Å². The van der Waals surface area contributed by atoms with E-state index in [2.05, 4.69) is 15.0 Å². The van der Waals surface area contributed by atoms with E-state index < -0.39 is 0 Å². The summed E-state index contributed by atoms with van der Waals surface area (Å²) in [6.07, 6.45) is 2.32. The van der Waals surface area contributed by atoms with Gasteiger partial charge in [0.05, 0.1) is 19.1 Å². The first kappa shape index (κ1) is 18.0. The molecule has 1 amide bonds. The number of rotatable bonds is 8. The van der Waals surface area contributed by atoms with Gasteiger partial charge >= 0.3 is 5.97 Å². The van der Waals surface area contributed by atoms with Crippen molar-refractivity contribution in [1.82, 2.24) is 10.3 Å². The van der Waals surface area contributed by atoms with Crippen LogP contribution in [0.25, 0.3) is 11.3 Å². The van der Waals surface area contributed by atoms with Crippen molar-refractivity contribution in [2.75, 3.05) is 19.4 Å². The number of halogens is 1. The van der Waals surface area contributed by atoms with Gasteiger partial charge in [-0.1, -0.05) is 11.8 Å². The molecule has 0 aliphatic carbocycles. The van der Waals surface area contributed by atoms with Crippen LogP contribution in [0.5, 0.6) is 0 Å². The van der Waals surface area contributed by atoms with Crippen molar-refractivity contribution >= 4 is 23.6 Å². The minimum absolute atomic E-state index is 0.154. The van der Waals surface area contributed by atoms with Gasteiger partial charge in [0.25, 0.3) is 5.22 Å². The summed E-state index contributed by atoms with van der Waals surface area (Å²) in [5.41, 5.74) is 0.711. The summed E-state index contributed by atoms with van der Waals surface area (Å²) in [6, 6.07) is 5.87. The first-order valence-electron chi connectivity index (χ1n) is 7.26. The Morgan fingerprint density at radius 2 is 2.08 bits per heavy atom. The number of amides is 1. The summed E-state index contributed by atoms with van der Waals surface area (Å²) in [5, 5.41) is 3.06. The highest BCUT2D eigenvalue weighted by Gasteiger charge is 2.10. The van der Waals surface area contributed by atoms with Gasteiger partial charge in [-0.15, -0.1) is 0 Å². The number of esters is 1. The monoisotopic (exact) mass is 352 g/mol. The molecule has 0 bridgehead atoms. The van der Waals surface area contributed by atoms with Crippen LogP contribution in [0.15, 0.2) is 40.1 Å². The lowest BCUT2D eigenvalue weighted by atomic mass is 10.2. The molecule has 0 aliphatic rings. The second kappa shape index (κ2) is 9.07. The summed E-state index contributed by atoms with van der Waals surface area (Å²) in [6.45, 7) is 0.404. The number of ether oxygens (including phenoxy) is 1. The second-order valence-electron chi connectivity index (χ2n) is 4.82. The van der Waals surface area contributed by atoms with Crippen molar-refractivity contribution in [1.29, 1.82) is 0 Å². The number of methoxy groups -OCH3 is 1. The molecule has 8 heteroatoms. The quantitative estimate of drug-likeness (QED) is 0.447. The van der Waals surface area contributed by atoms with Gasteiger partial charge in [-0.25, -0.2) is 9.37 Å². The Balaban J connectivity index is 1.73. The molecule has 128 valence electrons. The van der Waals surface area contributed by atoms with Gasteiger partial charge in [0.15, 0.2) is 5.76 Å². The predicted octanol–water partition coefficient (Wildman–Crippen LogP) is 2.64. The lowest BCUT2D eigenvalue weighted by molar-refractivity contribution is -0.140. The van der Waals surface area contributed by atoms with Gasteiger partial charge in [-0.2, -0.15) is 0 Å². The minimum atomic E-state index is -0.322. The fourth-order valence-corrected chi connectivity index (χ4v) is 2.45. The van der Waals surface area contributed by atoms with Gasteiger partial charge in [0.1, 0.15) is 5.82 Å². The molecule has 1 aromatic heterocycles. The van der Waals surface area contributed by atoms with Crippen LogP contribution in [0.2, 0.25) is 0 Å². The Kier molecular flexibility index (Phi) is 6.80. The molecule has 0 radical (unpaired) electrons. The fourth-order valence-electron chi connectivity index (χ4n) is 1.81. The zero-order chi connectivity index (χ0) is 17.4. The lowest BCUT2D eigenvalue weighted by Crippen LogP contribution is -2.26. The van der Waals surface area contributed by atoms with Crippen molar-refractivity contribution in [3.63, 3.8) is 0 Å². The molecule has 0 fully saturated rings. The molecule has 0 saturated carbocycles. The highest BCUT2D eigenvalue weighted by Crippen LogP contribution is 2.25. The third-order valence-corrected chi connectivity index (χ3v) is 3.89. The van der Waals surface area contributed by atoms with E-state index in [9.17, 15) is 14.0 Å². The number of oxazole rings is 1. The Morgan fingerprint density at radius 1 is 1.33 bits per heavy atom. The molecular weight excluding hydrogens is 335 g/mol. The van der Waals surface area contributed by atoms with Crippen molar-refractivity contribution in [3.8, 4) is 11.3 Å². The Bertz CT molecular complexity index is 688. The van der Waals surface area contributed by atoms with Gasteiger partial charge in [0, 0.05) is 18.5 Å². The molecule has 0 spiro atoms. The van der Waals surface area contributed by atoms with Crippen LogP contribution in [0.4, 0.5) is 4.39 Å². The standard InChI is InChI=1S/C16H17FN2O4S/c1-22-15(21)3-2-8-18-14(20)10-24-16-19-9-13(23-16)11-4-6-12(17)7-5-11/h4-7,9H,2-3,8,10H2,1H3,(H,18,20). The number of aromatic nitrogens is 1. The molecule has 1 N–H and O–H groups in total. The summed E-state index contributed by atoms with van der Waals surface area (Å²) in [7, 11) is 1.33. The number of carbonyl (C=O) groups is 2. The van der Waals surface area contributed by atoms with Crippen LogP contribution >= 0.6 is 11.8 Å². The van der Waals surface area contributed by atoms with Crippen LogP contribution in [-0.4, -0.2) is 36.3 Å². The maximum Gasteiger partial charge on any atom is 0.305 e. The molecule has 1 aromatic carbocycles. The SMILES string of the molecule is COC(=O)CCCNC(=O)CSc1ncc(-c2ccc(F)cc2)o1. The van der Waals surface area contributed by atoms with E-state index in [1.807, 2.05) is 0 Å². The maximum atomic E-state index is 12.9. The number of hydrogen-bond donors (Lipinski definition) is 1. The number of hydrogen-bond acceptors (Lipinski definition) is 6. The van der Waals surface area contributed by atoms with E-state index in [0.717, 1.165) is 11.8 Å². The number of nitrogens with zero attached hydrogens (tertiary/aromatic N) is 1. The lowest BCUT2D eigenvalue weighted by Gasteiger charge is -2.03. The number of nitrogens with one attached hydrogen (secondary N) is 1. The van der Waals surface area contributed by atoms with Crippen molar-refractivity contribution in [2.24, 2.45) is 0 Å². The largest absolute Gasteiger partial charge is 0.469 e. The van der Waals surface area contributed by atoms with Crippen molar-refractivity contribution < 1.29 is 23.1 Å². The molecule has 6 nitrogen and oxygen atoms in total. The van der Waals surface area contributed by atoms with E-state index in [-0.39, 0.29) is 29.9 Å². The van der Waals surface area contributed by atoms with Crippen LogP contribution in [0.3, 0.4) is 0 Å². The molecule has 2 aromatic rings. The second-order valence-corrected chi connectivity index (χ2v) is 5.74. The average molecular weight is 352 g/mol. The van der Waals surface area contributed by atoms with E-state index >= 15 is 0 Å². The first-order valence-corrected chi connectivity index (χ1v) is 8.25. The summed E-state index contributed by atoms with van der Waals surface area (Å²) in [4.78, 5) is 26.7. The fraction of sp³-hybridized carbons (Fsp3) is 0.312. The Hall–Kier alpha value is -2.35. The smallest absolute Gasteiger partial charge is 0.305 e. The number of carbonyl (C=O) groups excluding carboxylic acids is 2. The van der Waals surface area contributed by atoms with E-state index in [4.69, 9.17) is 4.42 Å². The molecule has 1 heterocycles. The van der Waals surface area contributed by atoms with Crippen molar-refractivity contribution in [3.05, 3.63) is 36.3 Å². The zero-order valence-corrected chi connectivity index (χ0v) is 13.9. The molecule has 0 aliphatic heterocycles. The van der Waals surface area contributed by atoms with Gasteiger partial charge < -0.3 is 14.5 Å². The zero-order valence-electron chi connectivity index (χ0n) is 13.1. The van der Waals surface area contributed by atoms with Gasteiger partial charge in [-0.05, 0) is 30.7 Å². The van der Waals surface area contributed by atoms with E-state index in [1.165, 1.54) is 25.4 Å². The first-order chi connectivity index (χ1) is 11.6. The predicted molar refractivity (Wildman–Crippen MR) is 86.9 cm³/mol. The third kappa shape index (κ3) is 5.69. The molecule has 2 rings (SSSR count). The average Bonchev–Trinajstić information content (AvgIpc) is 3.06. The van der Waals surface area contributed by atoms with Crippen LogP contribution in [0.1, 0.15) is 12.8 Å². The molecule has 0 saturated heterocycles. The van der Waals surface area contributed by atoms with Gasteiger partial charge in [0.2, 0.25) is 5.91 Å². The molecule has 0 unspecified atom stereocenters. The number of thioether (sulfide) groups is 1. The van der Waals surface area contributed by atoms with E-state index in [1.54, 1.807) is 12.1 Å². The van der Waals surface area contributed by atoms with Crippen LogP contribution < -0.4 is 5.32 Å². The normalized spacial score (nSPS) is 10.4. The number of benzene rings is 1. The van der Waals surface area contributed by atoms with Crippen molar-refractivity contribution in [2.45, 2.75) is 18.1 Å². The maximum absolute atomic E-state index is 12.9. The molecule has 24 heavy (non-hydrogen) atoms. The molecule has 0 atom stereocenters. The summed E-state index contributed by atoms with van der Waals surface area (Å²) >= 11 is 1.16. The highest BCUT2D eigenvalue weighted by molar-refractivity contribution is 7.99. The third-order valence-electron chi connectivity index (χ3n) is 3.05. The summed E-state index contributed by atoms with van der Waals surface area (Å²) < 4.78 is 22.9. The molecular formula is C16H17FN2O4S. The Labute approximate surface area is 142 Å².